The van der Waals surface area contributed by atoms with Crippen LogP contribution >= 0.6 is 11.6 Å². The predicted molar refractivity (Wildman–Crippen MR) is 84.4 cm³/mol. The van der Waals surface area contributed by atoms with Crippen molar-refractivity contribution in [2.45, 2.75) is 19.4 Å². The summed E-state index contributed by atoms with van der Waals surface area (Å²) in [6.45, 7) is 3.69. The summed E-state index contributed by atoms with van der Waals surface area (Å²) in [7, 11) is 0. The van der Waals surface area contributed by atoms with Crippen molar-refractivity contribution in [3.05, 3.63) is 34.5 Å². The third-order valence-electron chi connectivity index (χ3n) is 3.64. The van der Waals surface area contributed by atoms with Crippen molar-refractivity contribution in [1.29, 1.82) is 0 Å². The molecular formula is C14H17ClN6O2. The fourth-order valence-electron chi connectivity index (χ4n) is 2.41. The van der Waals surface area contributed by atoms with Crippen LogP contribution in [0.3, 0.4) is 0 Å². The summed E-state index contributed by atoms with van der Waals surface area (Å²) in [5.41, 5.74) is 5.52. The molecule has 3 heterocycles. The zero-order chi connectivity index (χ0) is 16.4. The number of carbonyl (C=O) groups is 1. The van der Waals surface area contributed by atoms with E-state index in [1.54, 1.807) is 0 Å². The van der Waals surface area contributed by atoms with Gasteiger partial charge in [0, 0.05) is 19.2 Å². The van der Waals surface area contributed by atoms with Gasteiger partial charge in [-0.1, -0.05) is 18.5 Å². The number of rotatable bonds is 4. The summed E-state index contributed by atoms with van der Waals surface area (Å²) >= 11 is 6.24. The van der Waals surface area contributed by atoms with Gasteiger partial charge in [-0.25, -0.2) is 9.97 Å². The molecule has 122 valence electrons. The minimum atomic E-state index is -0.557. The lowest BCUT2D eigenvalue weighted by Gasteiger charge is -2.32. The Balaban J connectivity index is 1.79. The highest BCUT2D eigenvalue weighted by atomic mass is 35.5. The fourth-order valence-corrected chi connectivity index (χ4v) is 2.69. The van der Waals surface area contributed by atoms with E-state index in [4.69, 9.17) is 22.1 Å². The van der Waals surface area contributed by atoms with Gasteiger partial charge in [0.05, 0.1) is 23.7 Å². The van der Waals surface area contributed by atoms with Crippen molar-refractivity contribution in [1.82, 2.24) is 20.2 Å². The highest BCUT2D eigenvalue weighted by Crippen LogP contribution is 2.28. The van der Waals surface area contributed by atoms with Crippen molar-refractivity contribution in [3.8, 4) is 0 Å². The van der Waals surface area contributed by atoms with Gasteiger partial charge in [-0.15, -0.1) is 0 Å². The van der Waals surface area contributed by atoms with Crippen LogP contribution in [0.4, 0.5) is 5.82 Å². The molecule has 0 saturated carbocycles. The number of aromatic nitrogens is 4. The third kappa shape index (κ3) is 3.27. The summed E-state index contributed by atoms with van der Waals surface area (Å²) in [4.78, 5) is 21.8. The molecule has 1 amide bonds. The van der Waals surface area contributed by atoms with Gasteiger partial charge in [0.15, 0.2) is 5.82 Å². The Bertz CT molecular complexity index is 719. The summed E-state index contributed by atoms with van der Waals surface area (Å²) < 4.78 is 5.74. The van der Waals surface area contributed by atoms with E-state index in [0.717, 1.165) is 12.2 Å². The van der Waals surface area contributed by atoms with Crippen LogP contribution in [-0.2, 0) is 11.2 Å². The molecule has 1 atom stereocenters. The molecule has 1 unspecified atom stereocenters. The number of carbonyl (C=O) groups excluding carboxylic acids is 1. The molecule has 2 aromatic heterocycles. The first-order valence-corrected chi connectivity index (χ1v) is 7.69. The number of anilines is 1. The quantitative estimate of drug-likeness (QED) is 0.864. The first kappa shape index (κ1) is 15.7. The number of primary amides is 1. The molecule has 1 aliphatic heterocycles. The molecule has 1 saturated heterocycles. The summed E-state index contributed by atoms with van der Waals surface area (Å²) in [5, 5.41) is 7.46. The highest BCUT2D eigenvalue weighted by molar-refractivity contribution is 6.33. The molecule has 1 aliphatic rings. The molecule has 2 aromatic rings. The van der Waals surface area contributed by atoms with Crippen LogP contribution in [0.2, 0.25) is 5.02 Å². The van der Waals surface area contributed by atoms with Gasteiger partial charge in [-0.2, -0.15) is 5.10 Å². The maximum absolute atomic E-state index is 11.2. The van der Waals surface area contributed by atoms with Crippen LogP contribution in [0.15, 0.2) is 12.3 Å². The van der Waals surface area contributed by atoms with E-state index in [1.165, 1.54) is 12.3 Å². The Morgan fingerprint density at radius 2 is 2.43 bits per heavy atom. The number of ether oxygens (including phenoxy) is 1. The van der Waals surface area contributed by atoms with E-state index >= 15 is 0 Å². The van der Waals surface area contributed by atoms with Crippen LogP contribution in [0, 0.1) is 0 Å². The topological polar surface area (TPSA) is 110 Å². The molecule has 0 aromatic carbocycles. The van der Waals surface area contributed by atoms with Gasteiger partial charge in [0.25, 0.3) is 0 Å². The van der Waals surface area contributed by atoms with Crippen molar-refractivity contribution >= 4 is 23.3 Å². The second-order valence-corrected chi connectivity index (χ2v) is 5.60. The molecular weight excluding hydrogens is 320 g/mol. The zero-order valence-corrected chi connectivity index (χ0v) is 13.4. The largest absolute Gasteiger partial charge is 0.366 e. The van der Waals surface area contributed by atoms with Gasteiger partial charge < -0.3 is 15.4 Å². The Kier molecular flexibility index (Phi) is 4.44. The Morgan fingerprint density at radius 3 is 3.09 bits per heavy atom. The normalized spacial score (nSPS) is 18.2. The van der Waals surface area contributed by atoms with Gasteiger partial charge in [-0.3, -0.25) is 9.89 Å². The van der Waals surface area contributed by atoms with Gasteiger partial charge >= 0.3 is 0 Å². The second kappa shape index (κ2) is 6.51. The number of morpholine rings is 1. The molecule has 8 nitrogen and oxygen atoms in total. The Labute approximate surface area is 138 Å². The van der Waals surface area contributed by atoms with Gasteiger partial charge in [-0.05, 0) is 6.07 Å². The van der Waals surface area contributed by atoms with Gasteiger partial charge in [0.1, 0.15) is 17.7 Å². The number of H-pyrrole nitrogens is 1. The van der Waals surface area contributed by atoms with E-state index in [2.05, 4.69) is 20.2 Å². The monoisotopic (exact) mass is 336 g/mol. The zero-order valence-electron chi connectivity index (χ0n) is 12.6. The molecule has 3 N–H and O–H groups in total. The van der Waals surface area contributed by atoms with Gasteiger partial charge in [0.2, 0.25) is 5.91 Å². The van der Waals surface area contributed by atoms with Crippen molar-refractivity contribution in [2.75, 3.05) is 24.6 Å². The molecule has 9 heteroatoms. The lowest BCUT2D eigenvalue weighted by atomic mass is 10.2. The van der Waals surface area contributed by atoms with E-state index in [1.807, 2.05) is 11.8 Å². The minimum absolute atomic E-state index is 0.256. The molecule has 0 bridgehead atoms. The number of pyridine rings is 1. The summed E-state index contributed by atoms with van der Waals surface area (Å²) in [5.74, 6) is 1.48. The lowest BCUT2D eigenvalue weighted by Crippen LogP contribution is -2.39. The predicted octanol–water partition coefficient (Wildman–Crippen LogP) is 1.09. The molecule has 0 spiro atoms. The Hall–Kier alpha value is -2.19. The van der Waals surface area contributed by atoms with Crippen LogP contribution in [0.25, 0.3) is 0 Å². The number of aromatic amines is 1. The van der Waals surface area contributed by atoms with Crippen molar-refractivity contribution in [3.63, 3.8) is 0 Å². The summed E-state index contributed by atoms with van der Waals surface area (Å²) in [6.07, 6.45) is 1.95. The van der Waals surface area contributed by atoms with E-state index in [0.29, 0.717) is 36.4 Å². The minimum Gasteiger partial charge on any atom is -0.366 e. The van der Waals surface area contributed by atoms with Crippen LogP contribution in [-0.4, -0.2) is 45.8 Å². The molecule has 3 rings (SSSR count). The number of nitrogens with two attached hydrogens (primary N) is 1. The summed E-state index contributed by atoms with van der Waals surface area (Å²) in [6, 6.07) is 1.53. The second-order valence-electron chi connectivity index (χ2n) is 5.19. The SMILES string of the molecule is CCc1nc(C2CN(c3ncc(C(N)=O)cc3Cl)CCO2)n[nH]1. The van der Waals surface area contributed by atoms with E-state index < -0.39 is 5.91 Å². The van der Waals surface area contributed by atoms with Crippen LogP contribution < -0.4 is 10.6 Å². The number of nitrogens with zero attached hydrogens (tertiary/aromatic N) is 4. The number of halogens is 1. The number of nitrogens with one attached hydrogen (secondary N) is 1. The first-order chi connectivity index (χ1) is 11.1. The van der Waals surface area contributed by atoms with E-state index in [9.17, 15) is 4.79 Å². The maximum Gasteiger partial charge on any atom is 0.250 e. The van der Waals surface area contributed by atoms with E-state index in [-0.39, 0.29) is 11.7 Å². The third-order valence-corrected chi connectivity index (χ3v) is 3.92. The number of aryl methyl sites for hydroxylation is 1. The Morgan fingerprint density at radius 1 is 1.61 bits per heavy atom. The highest BCUT2D eigenvalue weighted by Gasteiger charge is 2.27. The number of amides is 1. The van der Waals surface area contributed by atoms with Crippen LogP contribution in [0.5, 0.6) is 0 Å². The first-order valence-electron chi connectivity index (χ1n) is 7.31. The molecule has 23 heavy (non-hydrogen) atoms. The molecule has 0 radical (unpaired) electrons. The standard InChI is InChI=1S/C14H17ClN6O2/c1-2-11-18-13(20-19-11)10-7-21(3-4-23-10)14-9(15)5-8(6-17-14)12(16)22/h5-6,10H,2-4,7H2,1H3,(H2,16,22)(H,18,19,20). The smallest absolute Gasteiger partial charge is 0.250 e. The van der Waals surface area contributed by atoms with Crippen molar-refractivity contribution in [2.24, 2.45) is 5.73 Å². The van der Waals surface area contributed by atoms with Crippen molar-refractivity contribution < 1.29 is 9.53 Å². The average Bonchev–Trinajstić information content (AvgIpc) is 3.04. The fraction of sp³-hybridized carbons (Fsp3) is 0.429. The average molecular weight is 337 g/mol. The number of hydrogen-bond acceptors (Lipinski definition) is 6. The molecule has 1 fully saturated rings. The number of hydrogen-bond donors (Lipinski definition) is 2. The maximum atomic E-state index is 11.2. The van der Waals surface area contributed by atoms with Crippen LogP contribution in [0.1, 0.15) is 35.0 Å². The lowest BCUT2D eigenvalue weighted by molar-refractivity contribution is 0.0339. The molecule has 0 aliphatic carbocycles.